The van der Waals surface area contributed by atoms with Crippen LogP contribution in [0.5, 0.6) is 0 Å². The van der Waals surface area contributed by atoms with Crippen LogP contribution in [0.15, 0.2) is 70.0 Å². The van der Waals surface area contributed by atoms with Crippen LogP contribution in [-0.2, 0) is 27.7 Å². The van der Waals surface area contributed by atoms with E-state index in [-0.39, 0.29) is 29.8 Å². The fourth-order valence-electron chi connectivity index (χ4n) is 6.25. The molecular formula is C30H26BrN3O5S. The first-order valence-corrected chi connectivity index (χ1v) is 15.7. The molecule has 1 fully saturated rings. The highest BCUT2D eigenvalue weighted by Gasteiger charge is 2.45. The molecular weight excluding hydrogens is 594 g/mol. The lowest BCUT2D eigenvalue weighted by atomic mass is 9.94. The van der Waals surface area contributed by atoms with E-state index in [0.717, 1.165) is 34.4 Å². The zero-order chi connectivity index (χ0) is 27.8. The number of carbonyl (C=O) groups excluding carboxylic acids is 3. The van der Waals surface area contributed by atoms with Gasteiger partial charge in [-0.05, 0) is 66.6 Å². The number of carbonyl (C=O) groups is 3. The Morgan fingerprint density at radius 2 is 1.52 bits per heavy atom. The van der Waals surface area contributed by atoms with E-state index in [2.05, 4.69) is 15.9 Å². The highest BCUT2D eigenvalue weighted by Crippen LogP contribution is 2.44. The molecule has 8 nitrogen and oxygen atoms in total. The lowest BCUT2D eigenvalue weighted by molar-refractivity contribution is -0.119. The van der Waals surface area contributed by atoms with Gasteiger partial charge in [-0.15, -0.1) is 0 Å². The molecule has 7 rings (SSSR count). The molecule has 3 aromatic rings. The maximum Gasteiger partial charge on any atom is 0.261 e. The molecule has 3 amide bonds. The van der Waals surface area contributed by atoms with Gasteiger partial charge in [-0.25, -0.2) is 8.42 Å². The van der Waals surface area contributed by atoms with Gasteiger partial charge in [-0.1, -0.05) is 52.3 Å². The van der Waals surface area contributed by atoms with E-state index < -0.39 is 27.9 Å². The Bertz CT molecular complexity index is 1680. The fraction of sp³-hybridized carbons (Fsp3) is 0.300. The Balaban J connectivity index is 1.32. The van der Waals surface area contributed by atoms with Crippen LogP contribution in [0.2, 0.25) is 0 Å². The Morgan fingerprint density at radius 1 is 0.875 bits per heavy atom. The molecule has 0 spiro atoms. The summed E-state index contributed by atoms with van der Waals surface area (Å²) < 4.78 is 31.3. The number of imide groups is 1. The van der Waals surface area contributed by atoms with Crippen LogP contribution in [0.25, 0.3) is 0 Å². The zero-order valence-electron chi connectivity index (χ0n) is 21.5. The predicted molar refractivity (Wildman–Crippen MR) is 152 cm³/mol. The van der Waals surface area contributed by atoms with Crippen molar-refractivity contribution in [3.05, 3.63) is 93.0 Å². The first-order chi connectivity index (χ1) is 19.3. The largest absolute Gasteiger partial charge is 0.310 e. The summed E-state index contributed by atoms with van der Waals surface area (Å²) in [5, 5.41) is 0. The van der Waals surface area contributed by atoms with Crippen molar-refractivity contribution in [1.82, 2.24) is 9.21 Å². The molecule has 1 aliphatic carbocycles. The molecule has 0 N–H and O–H groups in total. The summed E-state index contributed by atoms with van der Waals surface area (Å²) in [7, 11) is -4.16. The summed E-state index contributed by atoms with van der Waals surface area (Å²) in [4.78, 5) is 42.6. The number of hydrogen-bond acceptors (Lipinski definition) is 5. The second-order valence-corrected chi connectivity index (χ2v) is 13.5. The third kappa shape index (κ3) is 3.95. The Labute approximate surface area is 240 Å². The Hall–Kier alpha value is -3.34. The molecule has 10 heteroatoms. The second kappa shape index (κ2) is 9.36. The quantitative estimate of drug-likeness (QED) is 0.396. The van der Waals surface area contributed by atoms with Crippen LogP contribution < -0.4 is 4.90 Å². The number of amides is 3. The summed E-state index contributed by atoms with van der Waals surface area (Å²) in [6, 6.07) is 16.9. The summed E-state index contributed by atoms with van der Waals surface area (Å²) in [6.45, 7) is 0.527. The molecule has 0 aromatic heterocycles. The standard InChI is InChI=1S/C30H26BrN3O5S/c31-21-15-20-11-13-32(28(35)19-9-10-19)27(20)26(16-21)40(38,39)34-14-12-18-5-1-2-6-22(18)25(34)17-33-29(36)23-7-3-4-8-24(23)30(33)37/h1-8,15-16,19,25H,9-14,17H2. The van der Waals surface area contributed by atoms with Gasteiger partial charge in [0.05, 0.1) is 29.4 Å². The van der Waals surface area contributed by atoms with Gasteiger partial charge in [0.15, 0.2) is 0 Å². The maximum absolute atomic E-state index is 14.6. The van der Waals surface area contributed by atoms with Gasteiger partial charge in [-0.2, -0.15) is 4.31 Å². The number of sulfonamides is 1. The number of halogens is 1. The van der Waals surface area contributed by atoms with Crippen LogP contribution in [0.3, 0.4) is 0 Å². The predicted octanol–water partition coefficient (Wildman–Crippen LogP) is 4.33. The van der Waals surface area contributed by atoms with Crippen molar-refractivity contribution in [1.29, 1.82) is 0 Å². The normalized spacial score (nSPS) is 20.5. The number of benzene rings is 3. The van der Waals surface area contributed by atoms with Crippen molar-refractivity contribution in [2.75, 3.05) is 24.5 Å². The SMILES string of the molecule is O=C1c2ccccc2C(=O)N1CC1c2ccccc2CCN1S(=O)(=O)c1cc(Br)cc2c1N(C(=O)C1CC1)CC2. The van der Waals surface area contributed by atoms with E-state index in [1.807, 2.05) is 30.3 Å². The molecule has 3 heterocycles. The van der Waals surface area contributed by atoms with Gasteiger partial charge in [0.1, 0.15) is 4.90 Å². The molecule has 1 unspecified atom stereocenters. The van der Waals surface area contributed by atoms with Crippen LogP contribution >= 0.6 is 15.9 Å². The highest BCUT2D eigenvalue weighted by atomic mass is 79.9. The minimum atomic E-state index is -4.16. The van der Waals surface area contributed by atoms with Crippen molar-refractivity contribution < 1.29 is 22.8 Å². The van der Waals surface area contributed by atoms with Crippen molar-refractivity contribution >= 4 is 49.4 Å². The van der Waals surface area contributed by atoms with E-state index in [9.17, 15) is 22.8 Å². The number of hydrogen-bond donors (Lipinski definition) is 0. The van der Waals surface area contributed by atoms with Crippen LogP contribution in [0.4, 0.5) is 5.69 Å². The second-order valence-electron chi connectivity index (χ2n) is 10.8. The summed E-state index contributed by atoms with van der Waals surface area (Å²) in [5.74, 6) is -0.922. The minimum absolute atomic E-state index is 0.0240. The van der Waals surface area contributed by atoms with E-state index in [0.29, 0.717) is 40.7 Å². The number of nitrogens with zero attached hydrogens (tertiary/aromatic N) is 3. The molecule has 1 saturated carbocycles. The van der Waals surface area contributed by atoms with Gasteiger partial charge in [0, 0.05) is 23.5 Å². The topological polar surface area (TPSA) is 95.1 Å². The van der Waals surface area contributed by atoms with Crippen molar-refractivity contribution in [2.45, 2.75) is 36.6 Å². The summed E-state index contributed by atoms with van der Waals surface area (Å²) in [5.41, 5.74) is 3.68. The molecule has 3 aliphatic heterocycles. The average Bonchev–Trinajstić information content (AvgIpc) is 3.68. The monoisotopic (exact) mass is 619 g/mol. The van der Waals surface area contributed by atoms with Crippen LogP contribution in [0.1, 0.15) is 56.3 Å². The zero-order valence-corrected chi connectivity index (χ0v) is 23.9. The van der Waals surface area contributed by atoms with Gasteiger partial charge >= 0.3 is 0 Å². The maximum atomic E-state index is 14.6. The average molecular weight is 621 g/mol. The smallest absolute Gasteiger partial charge is 0.261 e. The van der Waals surface area contributed by atoms with Gasteiger partial charge in [0.25, 0.3) is 11.8 Å². The van der Waals surface area contributed by atoms with Gasteiger partial charge in [0.2, 0.25) is 15.9 Å². The molecule has 0 saturated heterocycles. The number of anilines is 1. The number of fused-ring (bicyclic) bond motifs is 3. The first kappa shape index (κ1) is 25.6. The van der Waals surface area contributed by atoms with E-state index in [1.165, 1.54) is 4.31 Å². The van der Waals surface area contributed by atoms with Crippen molar-refractivity contribution in [2.24, 2.45) is 5.92 Å². The molecule has 40 heavy (non-hydrogen) atoms. The molecule has 3 aromatic carbocycles. The molecule has 1 atom stereocenters. The molecule has 204 valence electrons. The lowest BCUT2D eigenvalue weighted by Gasteiger charge is -2.38. The van der Waals surface area contributed by atoms with Crippen molar-refractivity contribution in [3.63, 3.8) is 0 Å². The lowest BCUT2D eigenvalue weighted by Crippen LogP contribution is -2.46. The first-order valence-electron chi connectivity index (χ1n) is 13.4. The number of rotatable bonds is 5. The Morgan fingerprint density at radius 3 is 2.23 bits per heavy atom. The highest BCUT2D eigenvalue weighted by molar-refractivity contribution is 9.10. The van der Waals surface area contributed by atoms with Crippen LogP contribution in [0, 0.1) is 5.92 Å². The third-order valence-corrected chi connectivity index (χ3v) is 10.7. The minimum Gasteiger partial charge on any atom is -0.310 e. The van der Waals surface area contributed by atoms with Gasteiger partial charge in [-0.3, -0.25) is 19.3 Å². The van der Waals surface area contributed by atoms with Crippen molar-refractivity contribution in [3.8, 4) is 0 Å². The van der Waals surface area contributed by atoms with Crippen LogP contribution in [-0.4, -0.2) is 55.0 Å². The third-order valence-electron chi connectivity index (χ3n) is 8.37. The summed E-state index contributed by atoms with van der Waals surface area (Å²) in [6.07, 6.45) is 2.73. The molecule has 0 bridgehead atoms. The van der Waals surface area contributed by atoms with Gasteiger partial charge < -0.3 is 4.90 Å². The fourth-order valence-corrected chi connectivity index (χ4v) is 8.76. The Kier molecular flexibility index (Phi) is 5.99. The van der Waals surface area contributed by atoms with E-state index in [1.54, 1.807) is 35.2 Å². The molecule has 0 radical (unpaired) electrons. The van der Waals surface area contributed by atoms with E-state index in [4.69, 9.17) is 0 Å². The van der Waals surface area contributed by atoms with E-state index >= 15 is 0 Å². The summed E-state index contributed by atoms with van der Waals surface area (Å²) >= 11 is 3.49. The molecule has 4 aliphatic rings.